The fourth-order valence-corrected chi connectivity index (χ4v) is 2.67. The summed E-state index contributed by atoms with van der Waals surface area (Å²) in [6, 6.07) is 10.0. The summed E-state index contributed by atoms with van der Waals surface area (Å²) in [7, 11) is 0. The number of benzene rings is 2. The molecule has 0 aromatic heterocycles. The van der Waals surface area contributed by atoms with Gasteiger partial charge in [0.25, 0.3) is 0 Å². The number of halogens is 4. The summed E-state index contributed by atoms with van der Waals surface area (Å²) < 4.78 is 13.2. The lowest BCUT2D eigenvalue weighted by Gasteiger charge is -2.20. The Morgan fingerprint density at radius 3 is 2.10 bits per heavy atom. The minimum Gasteiger partial charge on any atom is -0.376 e. The fourth-order valence-electron chi connectivity index (χ4n) is 1.97. The molecule has 1 N–H and O–H groups in total. The van der Waals surface area contributed by atoms with Crippen molar-refractivity contribution in [3.05, 3.63) is 62.8 Å². The molecule has 0 amide bonds. The van der Waals surface area contributed by atoms with Gasteiger partial charge in [0.2, 0.25) is 0 Å². The molecule has 0 saturated carbocycles. The van der Waals surface area contributed by atoms with Crippen LogP contribution in [-0.4, -0.2) is 0 Å². The van der Waals surface area contributed by atoms with Gasteiger partial charge in [-0.3, -0.25) is 0 Å². The van der Waals surface area contributed by atoms with Crippen LogP contribution in [0.5, 0.6) is 0 Å². The van der Waals surface area contributed by atoms with Crippen molar-refractivity contribution >= 4 is 40.5 Å². The van der Waals surface area contributed by atoms with Crippen molar-refractivity contribution in [2.24, 2.45) is 0 Å². The summed E-state index contributed by atoms with van der Waals surface area (Å²) in [5.74, 6) is -0.454. The monoisotopic (exact) mass is 331 g/mol. The average molecular weight is 333 g/mol. The molecule has 0 bridgehead atoms. The SMILES string of the molecule is CCC(Nc1c(Cl)cc(F)cc1Cl)c1ccc(Cl)cc1. The van der Waals surface area contributed by atoms with Crippen LogP contribution in [0.25, 0.3) is 0 Å². The molecule has 1 atom stereocenters. The number of nitrogens with one attached hydrogen (secondary N) is 1. The second-order valence-electron chi connectivity index (χ2n) is 4.40. The molecular formula is C15H13Cl3FN. The van der Waals surface area contributed by atoms with Crippen molar-refractivity contribution < 1.29 is 4.39 Å². The molecule has 0 spiro atoms. The predicted molar refractivity (Wildman–Crippen MR) is 84.5 cm³/mol. The van der Waals surface area contributed by atoms with Crippen LogP contribution in [0.1, 0.15) is 24.9 Å². The first-order chi connectivity index (χ1) is 9.51. The molecule has 0 heterocycles. The highest BCUT2D eigenvalue weighted by Crippen LogP contribution is 2.35. The predicted octanol–water partition coefficient (Wildman–Crippen LogP) is 6.35. The highest BCUT2D eigenvalue weighted by atomic mass is 35.5. The fraction of sp³-hybridized carbons (Fsp3) is 0.200. The zero-order valence-electron chi connectivity index (χ0n) is 10.8. The summed E-state index contributed by atoms with van der Waals surface area (Å²) in [4.78, 5) is 0. The second-order valence-corrected chi connectivity index (χ2v) is 5.65. The van der Waals surface area contributed by atoms with Gasteiger partial charge in [-0.25, -0.2) is 4.39 Å². The van der Waals surface area contributed by atoms with E-state index in [0.29, 0.717) is 10.7 Å². The molecule has 0 saturated heterocycles. The van der Waals surface area contributed by atoms with Crippen LogP contribution in [0.15, 0.2) is 36.4 Å². The standard InChI is InChI=1S/C15H13Cl3FN/c1-2-14(9-3-5-10(16)6-4-9)20-15-12(17)7-11(19)8-13(15)18/h3-8,14,20H,2H2,1H3. The van der Waals surface area contributed by atoms with Gasteiger partial charge in [-0.2, -0.15) is 0 Å². The summed E-state index contributed by atoms with van der Waals surface area (Å²) in [6.45, 7) is 2.04. The van der Waals surface area contributed by atoms with Crippen molar-refractivity contribution in [2.75, 3.05) is 5.32 Å². The van der Waals surface area contributed by atoms with Crippen LogP contribution in [0.3, 0.4) is 0 Å². The quantitative estimate of drug-likeness (QED) is 0.688. The third-order valence-electron chi connectivity index (χ3n) is 3.01. The Hall–Kier alpha value is -0.960. The van der Waals surface area contributed by atoms with Gasteiger partial charge in [0, 0.05) is 5.02 Å². The second kappa shape index (κ2) is 6.66. The lowest BCUT2D eigenvalue weighted by atomic mass is 10.0. The van der Waals surface area contributed by atoms with Gasteiger partial charge < -0.3 is 5.32 Å². The average Bonchev–Trinajstić information content (AvgIpc) is 2.39. The van der Waals surface area contributed by atoms with Crippen LogP contribution in [0.2, 0.25) is 15.1 Å². The number of hydrogen-bond donors (Lipinski definition) is 1. The van der Waals surface area contributed by atoms with E-state index in [1.165, 1.54) is 12.1 Å². The number of anilines is 1. The normalized spacial score (nSPS) is 12.2. The molecule has 20 heavy (non-hydrogen) atoms. The van der Waals surface area contributed by atoms with Gasteiger partial charge >= 0.3 is 0 Å². The maximum absolute atomic E-state index is 13.2. The van der Waals surface area contributed by atoms with Gasteiger partial charge in [0.05, 0.1) is 21.8 Å². The van der Waals surface area contributed by atoms with Gasteiger partial charge in [-0.1, -0.05) is 53.9 Å². The van der Waals surface area contributed by atoms with E-state index in [0.717, 1.165) is 12.0 Å². The van der Waals surface area contributed by atoms with E-state index in [2.05, 4.69) is 5.32 Å². The Balaban J connectivity index is 2.29. The molecule has 0 radical (unpaired) electrons. The lowest BCUT2D eigenvalue weighted by Crippen LogP contribution is -2.10. The van der Waals surface area contributed by atoms with E-state index in [-0.39, 0.29) is 16.1 Å². The molecule has 5 heteroatoms. The van der Waals surface area contributed by atoms with E-state index in [4.69, 9.17) is 34.8 Å². The lowest BCUT2D eigenvalue weighted by molar-refractivity contribution is 0.628. The number of rotatable bonds is 4. The Morgan fingerprint density at radius 2 is 1.60 bits per heavy atom. The molecule has 2 aromatic rings. The third kappa shape index (κ3) is 3.57. The maximum Gasteiger partial charge on any atom is 0.126 e. The first kappa shape index (κ1) is 15.4. The van der Waals surface area contributed by atoms with E-state index < -0.39 is 5.82 Å². The Labute approximate surface area is 132 Å². The van der Waals surface area contributed by atoms with Crippen LogP contribution in [0.4, 0.5) is 10.1 Å². The van der Waals surface area contributed by atoms with Crippen molar-refractivity contribution in [1.29, 1.82) is 0 Å². The minimum absolute atomic E-state index is 0.0210. The smallest absolute Gasteiger partial charge is 0.126 e. The molecule has 2 rings (SSSR count). The van der Waals surface area contributed by atoms with Crippen LogP contribution in [-0.2, 0) is 0 Å². The van der Waals surface area contributed by atoms with E-state index in [1.54, 1.807) is 0 Å². The Kier molecular flexibility index (Phi) is 5.14. The van der Waals surface area contributed by atoms with Gasteiger partial charge in [-0.15, -0.1) is 0 Å². The third-order valence-corrected chi connectivity index (χ3v) is 3.85. The Bertz CT molecular complexity index is 576. The molecule has 0 fully saturated rings. The first-order valence-electron chi connectivity index (χ1n) is 6.17. The van der Waals surface area contributed by atoms with Crippen LogP contribution in [0, 0.1) is 5.82 Å². The summed E-state index contributed by atoms with van der Waals surface area (Å²) in [6.07, 6.45) is 0.825. The maximum atomic E-state index is 13.2. The first-order valence-corrected chi connectivity index (χ1v) is 7.31. The molecule has 0 aliphatic heterocycles. The largest absolute Gasteiger partial charge is 0.376 e. The summed E-state index contributed by atoms with van der Waals surface area (Å²) in [5, 5.41) is 4.47. The van der Waals surface area contributed by atoms with Gasteiger partial charge in [0.1, 0.15) is 5.82 Å². The van der Waals surface area contributed by atoms with Crippen LogP contribution < -0.4 is 5.32 Å². The molecule has 0 aliphatic rings. The van der Waals surface area contributed by atoms with Crippen molar-refractivity contribution in [3.63, 3.8) is 0 Å². The highest BCUT2D eigenvalue weighted by Gasteiger charge is 2.14. The zero-order chi connectivity index (χ0) is 14.7. The minimum atomic E-state index is -0.454. The molecule has 1 nitrogen and oxygen atoms in total. The molecular weight excluding hydrogens is 320 g/mol. The Morgan fingerprint density at radius 1 is 1.05 bits per heavy atom. The van der Waals surface area contributed by atoms with Crippen molar-refractivity contribution in [2.45, 2.75) is 19.4 Å². The van der Waals surface area contributed by atoms with Gasteiger partial charge in [-0.05, 0) is 36.2 Å². The van der Waals surface area contributed by atoms with Crippen molar-refractivity contribution in [3.8, 4) is 0 Å². The summed E-state index contributed by atoms with van der Waals surface area (Å²) in [5.41, 5.74) is 1.60. The van der Waals surface area contributed by atoms with Gasteiger partial charge in [0.15, 0.2) is 0 Å². The van der Waals surface area contributed by atoms with Crippen LogP contribution >= 0.6 is 34.8 Å². The number of hydrogen-bond acceptors (Lipinski definition) is 1. The molecule has 2 aromatic carbocycles. The molecule has 106 valence electrons. The molecule has 1 unspecified atom stereocenters. The van der Waals surface area contributed by atoms with Crippen molar-refractivity contribution in [1.82, 2.24) is 0 Å². The zero-order valence-corrected chi connectivity index (χ0v) is 13.0. The van der Waals surface area contributed by atoms with E-state index >= 15 is 0 Å². The summed E-state index contributed by atoms with van der Waals surface area (Å²) >= 11 is 18.0. The highest BCUT2D eigenvalue weighted by molar-refractivity contribution is 6.39. The van der Waals surface area contributed by atoms with E-state index in [1.807, 2.05) is 31.2 Å². The topological polar surface area (TPSA) is 12.0 Å². The van der Waals surface area contributed by atoms with E-state index in [9.17, 15) is 4.39 Å². The molecule has 0 aliphatic carbocycles.